The Balaban J connectivity index is 1.83. The smallest absolute Gasteiger partial charge is 0.120 e. The first-order chi connectivity index (χ1) is 9.80. The Morgan fingerprint density at radius 2 is 2.20 bits per heavy atom. The maximum atomic E-state index is 5.86. The highest BCUT2D eigenvalue weighted by atomic mass is 32.1. The van der Waals surface area contributed by atoms with Gasteiger partial charge in [-0.1, -0.05) is 19.1 Å². The van der Waals surface area contributed by atoms with Crippen LogP contribution in [0, 0.1) is 0 Å². The summed E-state index contributed by atoms with van der Waals surface area (Å²) in [5.41, 5.74) is 4.07. The Kier molecular flexibility index (Phi) is 4.05. The molecule has 0 radical (unpaired) electrons. The lowest BCUT2D eigenvalue weighted by Gasteiger charge is -2.16. The summed E-state index contributed by atoms with van der Waals surface area (Å²) in [5.74, 6) is 6.71. The Morgan fingerprint density at radius 3 is 2.85 bits per heavy atom. The van der Waals surface area contributed by atoms with Gasteiger partial charge in [-0.05, 0) is 49.1 Å². The molecule has 0 amide bonds. The lowest BCUT2D eigenvalue weighted by atomic mass is 10.1. The number of benzene rings is 1. The maximum Gasteiger partial charge on any atom is 0.120 e. The predicted molar refractivity (Wildman–Crippen MR) is 83.0 cm³/mol. The van der Waals surface area contributed by atoms with Gasteiger partial charge in [-0.25, -0.2) is 5.43 Å². The Morgan fingerprint density at radius 1 is 1.35 bits per heavy atom. The van der Waals surface area contributed by atoms with E-state index >= 15 is 0 Å². The van der Waals surface area contributed by atoms with E-state index in [2.05, 4.69) is 36.6 Å². The zero-order valence-electron chi connectivity index (χ0n) is 11.6. The fourth-order valence-electron chi connectivity index (χ4n) is 2.23. The number of nitrogens with two attached hydrogens (primary N) is 1. The zero-order valence-corrected chi connectivity index (χ0v) is 12.5. The van der Waals surface area contributed by atoms with Crippen LogP contribution >= 0.6 is 11.3 Å². The van der Waals surface area contributed by atoms with Gasteiger partial charge in [0.25, 0.3) is 0 Å². The summed E-state index contributed by atoms with van der Waals surface area (Å²) in [4.78, 5) is 2.62. The van der Waals surface area contributed by atoms with E-state index in [0.29, 0.717) is 6.10 Å². The summed E-state index contributed by atoms with van der Waals surface area (Å²) in [5, 5.41) is 0. The van der Waals surface area contributed by atoms with Crippen LogP contribution in [0.4, 0.5) is 0 Å². The highest BCUT2D eigenvalue weighted by molar-refractivity contribution is 7.12. The highest BCUT2D eigenvalue weighted by Gasteiger charge is 2.24. The van der Waals surface area contributed by atoms with Crippen LogP contribution in [0.15, 0.2) is 36.4 Å². The minimum atomic E-state index is 0.0306. The highest BCUT2D eigenvalue weighted by Crippen LogP contribution is 2.32. The molecule has 1 unspecified atom stereocenters. The first-order valence-corrected chi connectivity index (χ1v) is 7.93. The molecule has 0 aliphatic heterocycles. The van der Waals surface area contributed by atoms with Crippen molar-refractivity contribution < 1.29 is 4.74 Å². The topological polar surface area (TPSA) is 47.3 Å². The molecule has 1 aromatic heterocycles. The molecule has 0 bridgehead atoms. The van der Waals surface area contributed by atoms with Gasteiger partial charge in [0.2, 0.25) is 0 Å². The lowest BCUT2D eigenvalue weighted by molar-refractivity contribution is 0.302. The van der Waals surface area contributed by atoms with Crippen LogP contribution < -0.4 is 16.0 Å². The zero-order chi connectivity index (χ0) is 13.9. The Hall–Kier alpha value is -1.36. The molecule has 3 nitrogen and oxygen atoms in total. The van der Waals surface area contributed by atoms with E-state index in [4.69, 9.17) is 10.6 Å². The fraction of sp³-hybridized carbons (Fsp3) is 0.375. The Bertz CT molecular complexity index is 577. The monoisotopic (exact) mass is 288 g/mol. The molecule has 20 heavy (non-hydrogen) atoms. The number of thiophene rings is 1. The molecule has 106 valence electrons. The van der Waals surface area contributed by atoms with E-state index in [1.807, 2.05) is 23.5 Å². The molecule has 0 spiro atoms. The molecule has 3 N–H and O–H groups in total. The normalized spacial score (nSPS) is 16.1. The summed E-state index contributed by atoms with van der Waals surface area (Å²) in [6, 6.07) is 12.6. The number of hydrogen-bond acceptors (Lipinski definition) is 4. The first-order valence-electron chi connectivity index (χ1n) is 7.11. The van der Waals surface area contributed by atoms with Crippen molar-refractivity contribution in [2.75, 3.05) is 0 Å². The predicted octanol–water partition coefficient (Wildman–Crippen LogP) is 3.40. The van der Waals surface area contributed by atoms with Gasteiger partial charge in [-0.15, -0.1) is 11.3 Å². The van der Waals surface area contributed by atoms with Gasteiger partial charge in [0.05, 0.1) is 12.1 Å². The van der Waals surface area contributed by atoms with Crippen LogP contribution in [-0.2, 0) is 6.42 Å². The molecule has 2 aromatic rings. The molecular weight excluding hydrogens is 268 g/mol. The summed E-state index contributed by atoms with van der Waals surface area (Å²) in [7, 11) is 0. The number of ether oxygens (including phenoxy) is 1. The maximum absolute atomic E-state index is 5.86. The summed E-state index contributed by atoms with van der Waals surface area (Å²) >= 11 is 1.81. The molecule has 1 aromatic carbocycles. The van der Waals surface area contributed by atoms with Crippen molar-refractivity contribution in [1.29, 1.82) is 0 Å². The second kappa shape index (κ2) is 5.95. The van der Waals surface area contributed by atoms with Crippen LogP contribution in [0.2, 0.25) is 0 Å². The summed E-state index contributed by atoms with van der Waals surface area (Å²) in [6.45, 7) is 2.17. The van der Waals surface area contributed by atoms with Crippen LogP contribution in [0.3, 0.4) is 0 Å². The van der Waals surface area contributed by atoms with E-state index in [0.717, 1.165) is 17.7 Å². The van der Waals surface area contributed by atoms with Crippen molar-refractivity contribution >= 4 is 11.3 Å². The molecule has 4 heteroatoms. The molecule has 1 atom stereocenters. The van der Waals surface area contributed by atoms with Gasteiger partial charge < -0.3 is 4.74 Å². The van der Waals surface area contributed by atoms with Crippen molar-refractivity contribution in [3.8, 4) is 5.75 Å². The van der Waals surface area contributed by atoms with Gasteiger partial charge in [0.15, 0.2) is 0 Å². The average Bonchev–Trinajstić information content (AvgIpc) is 3.15. The number of rotatable bonds is 6. The molecule has 1 fully saturated rings. The molecule has 3 rings (SSSR count). The molecule has 1 aliphatic carbocycles. The van der Waals surface area contributed by atoms with Gasteiger partial charge in [-0.3, -0.25) is 5.84 Å². The third kappa shape index (κ3) is 3.03. The molecule has 1 heterocycles. The van der Waals surface area contributed by atoms with E-state index in [-0.39, 0.29) is 6.04 Å². The number of aryl methyl sites for hydroxylation is 1. The van der Waals surface area contributed by atoms with Gasteiger partial charge in [-0.2, -0.15) is 0 Å². The van der Waals surface area contributed by atoms with Crippen LogP contribution in [0.5, 0.6) is 5.75 Å². The minimum Gasteiger partial charge on any atom is -0.490 e. The Labute approximate surface area is 123 Å². The number of hydrazine groups is 1. The number of nitrogens with one attached hydrogen (secondary N) is 1. The van der Waals surface area contributed by atoms with E-state index in [9.17, 15) is 0 Å². The van der Waals surface area contributed by atoms with Gasteiger partial charge in [0.1, 0.15) is 5.75 Å². The van der Waals surface area contributed by atoms with E-state index < -0.39 is 0 Å². The third-order valence-corrected chi connectivity index (χ3v) is 4.80. The van der Waals surface area contributed by atoms with Gasteiger partial charge in [0, 0.05) is 9.75 Å². The first kappa shape index (κ1) is 13.6. The second-order valence-corrected chi connectivity index (χ2v) is 6.35. The molecule has 1 saturated carbocycles. The molecular formula is C16H20N2OS. The number of hydrogen-bond donors (Lipinski definition) is 2. The van der Waals surface area contributed by atoms with Crippen LogP contribution in [-0.4, -0.2) is 6.10 Å². The standard InChI is InChI=1S/C16H20N2OS/c1-2-14-8-9-15(20-14)16(18-17)11-4-3-5-13(10-11)19-12-6-7-12/h3-5,8-10,12,16,18H,2,6-7,17H2,1H3. The van der Waals surface area contributed by atoms with Crippen LogP contribution in [0.25, 0.3) is 0 Å². The molecule has 0 saturated heterocycles. The summed E-state index contributed by atoms with van der Waals surface area (Å²) < 4.78 is 5.86. The lowest BCUT2D eigenvalue weighted by Crippen LogP contribution is -2.28. The fourth-order valence-corrected chi connectivity index (χ4v) is 3.27. The average molecular weight is 288 g/mol. The minimum absolute atomic E-state index is 0.0306. The van der Waals surface area contributed by atoms with Gasteiger partial charge >= 0.3 is 0 Å². The quantitative estimate of drug-likeness (QED) is 0.632. The van der Waals surface area contributed by atoms with E-state index in [1.54, 1.807) is 0 Å². The largest absolute Gasteiger partial charge is 0.490 e. The van der Waals surface area contributed by atoms with Crippen molar-refractivity contribution in [2.24, 2.45) is 5.84 Å². The van der Waals surface area contributed by atoms with Crippen molar-refractivity contribution in [3.63, 3.8) is 0 Å². The van der Waals surface area contributed by atoms with Crippen molar-refractivity contribution in [2.45, 2.75) is 38.3 Å². The van der Waals surface area contributed by atoms with Crippen molar-refractivity contribution in [1.82, 2.24) is 5.43 Å². The summed E-state index contributed by atoms with van der Waals surface area (Å²) in [6.07, 6.45) is 3.83. The van der Waals surface area contributed by atoms with Crippen LogP contribution in [0.1, 0.15) is 41.1 Å². The third-order valence-electron chi connectivity index (χ3n) is 3.50. The SMILES string of the molecule is CCc1ccc(C(NN)c2cccc(OC3CC3)c2)s1. The van der Waals surface area contributed by atoms with Crippen molar-refractivity contribution in [3.05, 3.63) is 51.7 Å². The molecule has 1 aliphatic rings. The van der Waals surface area contributed by atoms with E-state index in [1.165, 1.54) is 22.6 Å². The second-order valence-electron chi connectivity index (χ2n) is 5.15.